The molecule has 3 atom stereocenters. The van der Waals surface area contributed by atoms with Crippen LogP contribution in [-0.4, -0.2) is 36.1 Å². The predicted octanol–water partition coefficient (Wildman–Crippen LogP) is 3.91. The van der Waals surface area contributed by atoms with E-state index in [-0.39, 0.29) is 0 Å². The highest BCUT2D eigenvalue weighted by molar-refractivity contribution is 4.98. The molecule has 1 N–H and O–H groups in total. The molecule has 1 saturated carbocycles. The first-order chi connectivity index (χ1) is 9.49. The van der Waals surface area contributed by atoms with Crippen molar-refractivity contribution in [1.29, 1.82) is 0 Å². The molecule has 2 heteroatoms. The average molecular weight is 280 g/mol. The van der Waals surface area contributed by atoms with Gasteiger partial charge in [-0.2, -0.15) is 0 Å². The number of hydrogen-bond acceptors (Lipinski definition) is 2. The van der Waals surface area contributed by atoms with Crippen LogP contribution in [-0.2, 0) is 0 Å². The summed E-state index contributed by atoms with van der Waals surface area (Å²) in [5, 5.41) is 3.89. The Bertz CT molecular complexity index is 296. The molecule has 3 unspecified atom stereocenters. The van der Waals surface area contributed by atoms with Gasteiger partial charge in [0.05, 0.1) is 0 Å². The zero-order valence-corrected chi connectivity index (χ0v) is 14.4. The summed E-state index contributed by atoms with van der Waals surface area (Å²) in [6.45, 7) is 15.7. The highest BCUT2D eigenvalue weighted by atomic mass is 15.3. The number of nitrogens with one attached hydrogen (secondary N) is 1. The van der Waals surface area contributed by atoms with Crippen molar-refractivity contribution in [1.82, 2.24) is 10.2 Å². The molecular formula is C18H36N2. The molecule has 0 bridgehead atoms. The molecule has 2 nitrogen and oxygen atoms in total. The largest absolute Gasteiger partial charge is 0.308 e. The summed E-state index contributed by atoms with van der Waals surface area (Å²) in [4.78, 5) is 2.84. The van der Waals surface area contributed by atoms with Gasteiger partial charge in [0.1, 0.15) is 0 Å². The Hall–Kier alpha value is -0.0800. The van der Waals surface area contributed by atoms with Crippen LogP contribution in [0.3, 0.4) is 0 Å². The summed E-state index contributed by atoms with van der Waals surface area (Å²) in [6.07, 6.45) is 6.88. The Kier molecular flexibility index (Phi) is 5.53. The van der Waals surface area contributed by atoms with Crippen molar-refractivity contribution in [2.75, 3.05) is 19.6 Å². The van der Waals surface area contributed by atoms with E-state index in [1.807, 2.05) is 0 Å². The van der Waals surface area contributed by atoms with E-state index in [1.54, 1.807) is 0 Å². The maximum atomic E-state index is 3.89. The highest BCUT2D eigenvalue weighted by Crippen LogP contribution is 2.33. The zero-order valence-electron chi connectivity index (χ0n) is 14.4. The third kappa shape index (κ3) is 3.57. The molecule has 0 aromatic rings. The topological polar surface area (TPSA) is 15.3 Å². The number of nitrogens with zero attached hydrogens (tertiary/aromatic N) is 1. The van der Waals surface area contributed by atoms with Crippen molar-refractivity contribution in [3.8, 4) is 0 Å². The molecule has 118 valence electrons. The minimum atomic E-state index is 0.371. The zero-order chi connectivity index (χ0) is 14.8. The summed E-state index contributed by atoms with van der Waals surface area (Å²) in [5.74, 6) is 2.67. The van der Waals surface area contributed by atoms with Crippen LogP contribution in [0.1, 0.15) is 66.7 Å². The van der Waals surface area contributed by atoms with Gasteiger partial charge < -0.3 is 5.32 Å². The maximum Gasteiger partial charge on any atom is 0.0304 e. The van der Waals surface area contributed by atoms with Crippen LogP contribution < -0.4 is 5.32 Å². The molecule has 20 heavy (non-hydrogen) atoms. The minimum absolute atomic E-state index is 0.371. The second kappa shape index (κ2) is 6.79. The standard InChI is InChI=1S/C18H36N2/c1-6-18(7-2)13-20(17(11-19-18)14(3)4)12-16-9-8-15(5)10-16/h14-17,19H,6-13H2,1-5H3. The lowest BCUT2D eigenvalue weighted by Crippen LogP contribution is -2.65. The molecule has 0 spiro atoms. The van der Waals surface area contributed by atoms with Gasteiger partial charge in [-0.15, -0.1) is 0 Å². The van der Waals surface area contributed by atoms with Gasteiger partial charge in [0.25, 0.3) is 0 Å². The van der Waals surface area contributed by atoms with E-state index in [4.69, 9.17) is 0 Å². The van der Waals surface area contributed by atoms with Crippen LogP contribution in [0.2, 0.25) is 0 Å². The first kappa shape index (κ1) is 16.3. The van der Waals surface area contributed by atoms with Crippen LogP contribution in [0.4, 0.5) is 0 Å². The summed E-state index contributed by atoms with van der Waals surface area (Å²) in [6, 6.07) is 0.733. The fraction of sp³-hybridized carbons (Fsp3) is 1.00. The van der Waals surface area contributed by atoms with Crippen molar-refractivity contribution >= 4 is 0 Å². The molecule has 0 aromatic heterocycles. The van der Waals surface area contributed by atoms with Crippen molar-refractivity contribution < 1.29 is 0 Å². The normalized spacial score (nSPS) is 34.8. The minimum Gasteiger partial charge on any atom is -0.308 e. The van der Waals surface area contributed by atoms with E-state index in [9.17, 15) is 0 Å². The average Bonchev–Trinajstić information content (AvgIpc) is 2.83. The monoisotopic (exact) mass is 280 g/mol. The van der Waals surface area contributed by atoms with Crippen molar-refractivity contribution in [2.24, 2.45) is 17.8 Å². The van der Waals surface area contributed by atoms with Crippen LogP contribution in [0.15, 0.2) is 0 Å². The van der Waals surface area contributed by atoms with Crippen LogP contribution in [0.25, 0.3) is 0 Å². The van der Waals surface area contributed by atoms with Crippen molar-refractivity contribution in [2.45, 2.75) is 78.3 Å². The second-order valence-electron chi connectivity index (χ2n) is 7.89. The Labute approximate surface area is 126 Å². The molecule has 1 saturated heterocycles. The first-order valence-electron chi connectivity index (χ1n) is 8.98. The van der Waals surface area contributed by atoms with Gasteiger partial charge in [-0.1, -0.05) is 41.0 Å². The van der Waals surface area contributed by atoms with Crippen molar-refractivity contribution in [3.05, 3.63) is 0 Å². The van der Waals surface area contributed by atoms with Gasteiger partial charge in [-0.05, 0) is 43.4 Å². The fourth-order valence-electron chi connectivity index (χ4n) is 4.42. The lowest BCUT2D eigenvalue weighted by atomic mass is 9.85. The predicted molar refractivity (Wildman–Crippen MR) is 88.0 cm³/mol. The van der Waals surface area contributed by atoms with E-state index >= 15 is 0 Å². The molecule has 1 heterocycles. The summed E-state index contributed by atoms with van der Waals surface area (Å²) >= 11 is 0. The smallest absolute Gasteiger partial charge is 0.0304 e. The quantitative estimate of drug-likeness (QED) is 0.821. The summed E-state index contributed by atoms with van der Waals surface area (Å²) in [7, 11) is 0. The van der Waals surface area contributed by atoms with E-state index in [0.717, 1.165) is 23.8 Å². The Morgan fingerprint density at radius 2 is 1.90 bits per heavy atom. The SMILES string of the molecule is CCC1(CC)CN(CC2CCC(C)C2)C(C(C)C)CN1. The first-order valence-corrected chi connectivity index (χ1v) is 8.98. The van der Waals surface area contributed by atoms with Gasteiger partial charge >= 0.3 is 0 Å². The molecule has 0 amide bonds. The van der Waals surface area contributed by atoms with Crippen molar-refractivity contribution in [3.63, 3.8) is 0 Å². The molecule has 2 aliphatic rings. The van der Waals surface area contributed by atoms with Gasteiger partial charge in [0.2, 0.25) is 0 Å². The van der Waals surface area contributed by atoms with E-state index in [0.29, 0.717) is 5.54 Å². The van der Waals surface area contributed by atoms with Crippen LogP contribution in [0, 0.1) is 17.8 Å². The molecular weight excluding hydrogens is 244 g/mol. The van der Waals surface area contributed by atoms with E-state index in [1.165, 1.54) is 51.7 Å². The third-order valence-electron chi connectivity index (χ3n) is 6.08. The Morgan fingerprint density at radius 1 is 1.20 bits per heavy atom. The lowest BCUT2D eigenvalue weighted by molar-refractivity contribution is 0.0385. The Balaban J connectivity index is 2.03. The summed E-state index contributed by atoms with van der Waals surface area (Å²) < 4.78 is 0. The molecule has 0 radical (unpaired) electrons. The number of piperazine rings is 1. The van der Waals surface area contributed by atoms with E-state index < -0.39 is 0 Å². The van der Waals surface area contributed by atoms with Gasteiger partial charge in [-0.25, -0.2) is 0 Å². The van der Waals surface area contributed by atoms with Gasteiger partial charge in [0.15, 0.2) is 0 Å². The number of hydrogen-bond donors (Lipinski definition) is 1. The van der Waals surface area contributed by atoms with Crippen LogP contribution >= 0.6 is 0 Å². The molecule has 1 aliphatic heterocycles. The van der Waals surface area contributed by atoms with Gasteiger partial charge in [0, 0.05) is 31.2 Å². The fourth-order valence-corrected chi connectivity index (χ4v) is 4.42. The second-order valence-corrected chi connectivity index (χ2v) is 7.89. The molecule has 2 fully saturated rings. The van der Waals surface area contributed by atoms with Crippen LogP contribution in [0.5, 0.6) is 0 Å². The summed E-state index contributed by atoms with van der Waals surface area (Å²) in [5.41, 5.74) is 0.371. The molecule has 0 aromatic carbocycles. The highest BCUT2D eigenvalue weighted by Gasteiger charge is 2.39. The number of rotatable bonds is 5. The molecule has 2 rings (SSSR count). The third-order valence-corrected chi connectivity index (χ3v) is 6.08. The molecule has 1 aliphatic carbocycles. The lowest BCUT2D eigenvalue weighted by Gasteiger charge is -2.49. The Morgan fingerprint density at radius 3 is 2.40 bits per heavy atom. The van der Waals surface area contributed by atoms with Gasteiger partial charge in [-0.3, -0.25) is 4.90 Å². The maximum absolute atomic E-state index is 3.89. The van der Waals surface area contributed by atoms with E-state index in [2.05, 4.69) is 44.8 Å².